The Labute approximate surface area is 206 Å². The summed E-state index contributed by atoms with van der Waals surface area (Å²) in [7, 11) is 0. The number of carboxylic acids is 1. The molecule has 0 unspecified atom stereocenters. The maximum absolute atomic E-state index is 12.8. The molecule has 192 valence electrons. The van der Waals surface area contributed by atoms with Crippen LogP contribution in [0.1, 0.15) is 99.8 Å². The number of hydrogen-bond acceptors (Lipinski definition) is 3. The third-order valence-corrected chi connectivity index (χ3v) is 13.4. The molecule has 4 nitrogen and oxygen atoms in total. The van der Waals surface area contributed by atoms with Crippen molar-refractivity contribution >= 4 is 5.97 Å². The summed E-state index contributed by atoms with van der Waals surface area (Å²) in [5.41, 5.74) is 0.574. The third kappa shape index (κ3) is 2.76. The van der Waals surface area contributed by atoms with E-state index in [1.165, 1.54) is 5.57 Å². The average molecular weight is 473 g/mol. The number of aliphatic hydroxyl groups is 2. The molecule has 0 radical (unpaired) electrons. The summed E-state index contributed by atoms with van der Waals surface area (Å²) in [6, 6.07) is 0. The van der Waals surface area contributed by atoms with Gasteiger partial charge >= 0.3 is 5.97 Å². The van der Waals surface area contributed by atoms with Crippen LogP contribution in [0.25, 0.3) is 0 Å². The maximum atomic E-state index is 12.8. The van der Waals surface area contributed by atoms with E-state index in [2.05, 4.69) is 54.5 Å². The van der Waals surface area contributed by atoms with Crippen molar-refractivity contribution in [2.45, 2.75) is 112 Å². The van der Waals surface area contributed by atoms with E-state index < -0.39 is 23.6 Å². The quantitative estimate of drug-likeness (QED) is 0.405. The second-order valence-corrected chi connectivity index (χ2v) is 14.6. The minimum Gasteiger partial charge on any atom is -0.481 e. The van der Waals surface area contributed by atoms with Crippen LogP contribution in [-0.2, 0) is 4.79 Å². The zero-order valence-electron chi connectivity index (χ0n) is 22.5. The lowest BCUT2D eigenvalue weighted by Gasteiger charge is -2.71. The van der Waals surface area contributed by atoms with E-state index in [0.717, 1.165) is 44.9 Å². The predicted molar refractivity (Wildman–Crippen MR) is 134 cm³/mol. The van der Waals surface area contributed by atoms with Crippen molar-refractivity contribution in [1.29, 1.82) is 0 Å². The van der Waals surface area contributed by atoms with Crippen LogP contribution in [0.2, 0.25) is 0 Å². The molecule has 34 heavy (non-hydrogen) atoms. The van der Waals surface area contributed by atoms with Gasteiger partial charge in [-0.15, -0.1) is 0 Å². The first-order valence-corrected chi connectivity index (χ1v) is 14.0. The van der Waals surface area contributed by atoms with Gasteiger partial charge in [0.25, 0.3) is 0 Å². The lowest BCUT2D eigenvalue weighted by atomic mass is 9.33. The van der Waals surface area contributed by atoms with Crippen LogP contribution in [0.5, 0.6) is 0 Å². The molecule has 0 heterocycles. The minimum atomic E-state index is -0.679. The normalized spacial score (nSPS) is 56.3. The highest BCUT2D eigenvalue weighted by atomic mass is 16.4. The zero-order chi connectivity index (χ0) is 25.1. The van der Waals surface area contributed by atoms with Gasteiger partial charge in [-0.3, -0.25) is 4.79 Å². The molecule has 0 saturated heterocycles. The molecule has 5 aliphatic carbocycles. The molecule has 0 spiro atoms. The highest BCUT2D eigenvalue weighted by Crippen LogP contribution is 2.75. The number of aliphatic carboxylic acids is 1. The second kappa shape index (κ2) is 7.34. The van der Waals surface area contributed by atoms with Crippen molar-refractivity contribution in [2.24, 2.45) is 56.7 Å². The van der Waals surface area contributed by atoms with E-state index in [1.54, 1.807) is 0 Å². The molecule has 0 aromatic heterocycles. The Morgan fingerprint density at radius 3 is 2.26 bits per heavy atom. The molecule has 4 heteroatoms. The van der Waals surface area contributed by atoms with E-state index in [1.807, 2.05) is 0 Å². The monoisotopic (exact) mass is 472 g/mol. The van der Waals surface area contributed by atoms with Gasteiger partial charge in [-0.2, -0.15) is 0 Å². The molecule has 0 aromatic carbocycles. The van der Waals surface area contributed by atoms with Gasteiger partial charge in [-0.25, -0.2) is 0 Å². The SMILES string of the molecule is C[C@@H]1[C@@H](C)CC[C@@]2(C(=O)O)CC[C@@]3(C)C(=CC[C@H]4[C@]5(C)C[C@H](O)[C@H](O)C(C)(C)[C@H]5CC[C@@]43C)[C@@H]12. The lowest BCUT2D eigenvalue weighted by molar-refractivity contribution is -0.232. The molecule has 0 aliphatic heterocycles. The lowest BCUT2D eigenvalue weighted by Crippen LogP contribution is -2.67. The number of rotatable bonds is 1. The summed E-state index contributed by atoms with van der Waals surface area (Å²) in [6.45, 7) is 16.3. The fourth-order valence-corrected chi connectivity index (χ4v) is 11.0. The zero-order valence-corrected chi connectivity index (χ0v) is 22.5. The Morgan fingerprint density at radius 2 is 1.62 bits per heavy atom. The first kappa shape index (κ1) is 24.8. The smallest absolute Gasteiger partial charge is 0.310 e. The number of carbonyl (C=O) groups is 1. The molecule has 0 aromatic rings. The summed E-state index contributed by atoms with van der Waals surface area (Å²) in [6.07, 6.45) is 8.53. The molecule has 11 atom stereocenters. The van der Waals surface area contributed by atoms with Crippen LogP contribution >= 0.6 is 0 Å². The number of aliphatic hydroxyl groups excluding tert-OH is 2. The molecule has 0 bridgehead atoms. The number of carboxylic acid groups (broad SMARTS) is 1. The summed E-state index contributed by atoms with van der Waals surface area (Å²) < 4.78 is 0. The van der Waals surface area contributed by atoms with Crippen molar-refractivity contribution in [3.8, 4) is 0 Å². The first-order valence-electron chi connectivity index (χ1n) is 14.0. The van der Waals surface area contributed by atoms with Crippen LogP contribution < -0.4 is 0 Å². The molecule has 5 rings (SSSR count). The van der Waals surface area contributed by atoms with Crippen molar-refractivity contribution in [3.63, 3.8) is 0 Å². The fourth-order valence-electron chi connectivity index (χ4n) is 11.0. The highest BCUT2D eigenvalue weighted by Gasteiger charge is 2.70. The van der Waals surface area contributed by atoms with E-state index >= 15 is 0 Å². The Balaban J connectivity index is 1.62. The Hall–Kier alpha value is -0.870. The minimum absolute atomic E-state index is 0.00993. The Morgan fingerprint density at radius 1 is 0.941 bits per heavy atom. The molecule has 3 N–H and O–H groups in total. The van der Waals surface area contributed by atoms with Gasteiger partial charge in [0.05, 0.1) is 17.6 Å². The largest absolute Gasteiger partial charge is 0.481 e. The molecule has 4 saturated carbocycles. The van der Waals surface area contributed by atoms with Crippen molar-refractivity contribution in [2.75, 3.05) is 0 Å². The second-order valence-electron chi connectivity index (χ2n) is 14.6. The van der Waals surface area contributed by atoms with E-state index in [-0.39, 0.29) is 27.6 Å². The van der Waals surface area contributed by atoms with Gasteiger partial charge in [0, 0.05) is 0 Å². The van der Waals surface area contributed by atoms with Gasteiger partial charge in [0.2, 0.25) is 0 Å². The van der Waals surface area contributed by atoms with Gasteiger partial charge < -0.3 is 15.3 Å². The topological polar surface area (TPSA) is 77.8 Å². The first-order chi connectivity index (χ1) is 15.7. The number of fused-ring (bicyclic) bond motifs is 7. The van der Waals surface area contributed by atoms with Crippen LogP contribution in [0.3, 0.4) is 0 Å². The summed E-state index contributed by atoms with van der Waals surface area (Å²) in [4.78, 5) is 12.8. The van der Waals surface area contributed by atoms with Crippen LogP contribution in [0.15, 0.2) is 11.6 Å². The van der Waals surface area contributed by atoms with Crippen molar-refractivity contribution < 1.29 is 20.1 Å². The fraction of sp³-hybridized carbons (Fsp3) is 0.900. The Kier molecular flexibility index (Phi) is 5.36. The average Bonchev–Trinajstić information content (AvgIpc) is 2.75. The molecule has 5 aliphatic rings. The van der Waals surface area contributed by atoms with Gasteiger partial charge in [-0.1, -0.05) is 60.1 Å². The predicted octanol–water partition coefficient (Wildman–Crippen LogP) is 6.06. The van der Waals surface area contributed by atoms with Crippen LogP contribution in [0, 0.1) is 56.7 Å². The molecular weight excluding hydrogens is 424 g/mol. The van der Waals surface area contributed by atoms with Gasteiger partial charge in [0.15, 0.2) is 0 Å². The van der Waals surface area contributed by atoms with Crippen molar-refractivity contribution in [3.05, 3.63) is 11.6 Å². The summed E-state index contributed by atoms with van der Waals surface area (Å²) >= 11 is 0. The highest BCUT2D eigenvalue weighted by molar-refractivity contribution is 5.76. The third-order valence-electron chi connectivity index (χ3n) is 13.4. The van der Waals surface area contributed by atoms with Gasteiger partial charge in [-0.05, 0) is 103 Å². The number of allylic oxidation sites excluding steroid dienone is 2. The number of hydrogen-bond donors (Lipinski definition) is 3. The standard InChI is InChI=1S/C30H48O4/c1-17-10-13-30(25(33)34)15-14-28(6)19(23(30)18(17)2)8-9-22-27(5)16-20(31)24(32)26(3,4)21(27)11-12-29(22,28)7/h8,17-18,20-24,31-32H,9-16H2,1-7H3,(H,33,34)/t17-,18+,20-,21+,22-,23+,24-,27+,28-,29-,30+/m0/s1. The maximum Gasteiger partial charge on any atom is 0.310 e. The summed E-state index contributed by atoms with van der Waals surface area (Å²) in [5, 5.41) is 32.4. The summed E-state index contributed by atoms with van der Waals surface area (Å²) in [5.74, 6) is 1.30. The van der Waals surface area contributed by atoms with E-state index in [9.17, 15) is 20.1 Å². The van der Waals surface area contributed by atoms with E-state index in [4.69, 9.17) is 0 Å². The van der Waals surface area contributed by atoms with Gasteiger partial charge in [0.1, 0.15) is 0 Å². The Bertz CT molecular complexity index is 907. The molecule has 4 fully saturated rings. The van der Waals surface area contributed by atoms with Crippen LogP contribution in [0.4, 0.5) is 0 Å². The molecular formula is C30H48O4. The van der Waals surface area contributed by atoms with Crippen molar-refractivity contribution in [1.82, 2.24) is 0 Å². The van der Waals surface area contributed by atoms with E-state index in [0.29, 0.717) is 30.1 Å². The van der Waals surface area contributed by atoms with Crippen LogP contribution in [-0.4, -0.2) is 33.5 Å². The molecule has 0 amide bonds.